The predicted octanol–water partition coefficient (Wildman–Crippen LogP) is 1.99. The molecule has 0 saturated carbocycles. The topological polar surface area (TPSA) is 66.0 Å². The smallest absolute Gasteiger partial charge is 0.141 e. The zero-order chi connectivity index (χ0) is 12.5. The van der Waals surface area contributed by atoms with E-state index >= 15 is 0 Å². The summed E-state index contributed by atoms with van der Waals surface area (Å²) in [5.41, 5.74) is 8.52. The number of nitrogens with one attached hydrogen (secondary N) is 1. The third kappa shape index (κ3) is 1.97. The summed E-state index contributed by atoms with van der Waals surface area (Å²) in [6, 6.07) is 6.06. The first kappa shape index (κ1) is 11.2. The summed E-state index contributed by atoms with van der Waals surface area (Å²) in [6.07, 6.45) is 2.81. The van der Waals surface area contributed by atoms with Crippen molar-refractivity contribution in [3.05, 3.63) is 45.9 Å². The Kier molecular flexibility index (Phi) is 2.76. The lowest BCUT2D eigenvalue weighted by molar-refractivity contribution is 0.743. The van der Waals surface area contributed by atoms with Crippen molar-refractivity contribution in [1.82, 2.24) is 4.98 Å². The Balaban J connectivity index is 1.88. The monoisotopic (exact) mass is 258 g/mol. The van der Waals surface area contributed by atoms with Gasteiger partial charge in [-0.25, -0.2) is 0 Å². The van der Waals surface area contributed by atoms with Crippen molar-refractivity contribution in [2.45, 2.75) is 13.0 Å². The lowest BCUT2D eigenvalue weighted by atomic mass is 10.1. The van der Waals surface area contributed by atoms with Gasteiger partial charge >= 0.3 is 0 Å². The van der Waals surface area contributed by atoms with E-state index in [1.165, 1.54) is 10.4 Å². The van der Waals surface area contributed by atoms with Crippen molar-refractivity contribution in [3.63, 3.8) is 0 Å². The minimum absolute atomic E-state index is 0.0186. The van der Waals surface area contributed by atoms with Crippen LogP contribution in [0.5, 0.6) is 0 Å². The Morgan fingerprint density at radius 3 is 3.17 bits per heavy atom. The van der Waals surface area contributed by atoms with Gasteiger partial charge in [0.05, 0.1) is 0 Å². The highest BCUT2D eigenvalue weighted by Crippen LogP contribution is 2.27. The number of amidine groups is 1. The number of fused-ring (bicyclic) bond motifs is 1. The first-order valence-corrected chi connectivity index (χ1v) is 6.72. The minimum Gasteiger partial charge on any atom is -0.382 e. The molecule has 0 fully saturated rings. The minimum atomic E-state index is 0.0186. The molecule has 0 saturated heterocycles. The normalized spacial score (nSPS) is 14.3. The molecule has 0 amide bonds. The standard InChI is InChI=1S/C13H14N4S/c14-13(15)11-7-10(1-4-16-11)17-5-2-12-9(8-17)3-6-18-12/h1,3-4,6-7H,2,5,8H2,(H3,14,15). The van der Waals surface area contributed by atoms with Crippen LogP contribution in [-0.4, -0.2) is 17.4 Å². The molecule has 5 heteroatoms. The van der Waals surface area contributed by atoms with Crippen LogP contribution in [0.15, 0.2) is 29.8 Å². The molecule has 0 aliphatic carbocycles. The van der Waals surface area contributed by atoms with Gasteiger partial charge < -0.3 is 10.6 Å². The highest BCUT2D eigenvalue weighted by Gasteiger charge is 2.17. The van der Waals surface area contributed by atoms with Crippen LogP contribution >= 0.6 is 11.3 Å². The van der Waals surface area contributed by atoms with E-state index in [0.717, 1.165) is 25.2 Å². The van der Waals surface area contributed by atoms with Gasteiger partial charge in [-0.2, -0.15) is 0 Å². The molecule has 3 N–H and O–H groups in total. The van der Waals surface area contributed by atoms with E-state index in [2.05, 4.69) is 21.3 Å². The average Bonchev–Trinajstić information content (AvgIpc) is 2.86. The highest BCUT2D eigenvalue weighted by atomic mass is 32.1. The molecule has 0 radical (unpaired) electrons. The second kappa shape index (κ2) is 4.42. The van der Waals surface area contributed by atoms with E-state index in [-0.39, 0.29) is 5.84 Å². The maximum Gasteiger partial charge on any atom is 0.141 e. The van der Waals surface area contributed by atoms with Gasteiger partial charge in [0.25, 0.3) is 0 Å². The predicted molar refractivity (Wildman–Crippen MR) is 74.3 cm³/mol. The van der Waals surface area contributed by atoms with Crippen LogP contribution < -0.4 is 10.6 Å². The number of hydrogen-bond acceptors (Lipinski definition) is 4. The number of pyridine rings is 1. The Morgan fingerprint density at radius 2 is 2.33 bits per heavy atom. The first-order chi connectivity index (χ1) is 8.74. The second-order valence-electron chi connectivity index (χ2n) is 4.35. The Labute approximate surface area is 110 Å². The molecule has 0 spiro atoms. The van der Waals surface area contributed by atoms with Crippen LogP contribution in [0, 0.1) is 5.41 Å². The average molecular weight is 258 g/mol. The Hall–Kier alpha value is -1.88. The summed E-state index contributed by atoms with van der Waals surface area (Å²) in [4.78, 5) is 7.90. The summed E-state index contributed by atoms with van der Waals surface area (Å²) in [5, 5.41) is 9.59. The molecule has 0 aromatic carbocycles. The van der Waals surface area contributed by atoms with Gasteiger partial charge in [-0.15, -0.1) is 11.3 Å². The van der Waals surface area contributed by atoms with Gasteiger partial charge in [0.1, 0.15) is 11.5 Å². The quantitative estimate of drug-likeness (QED) is 0.639. The molecule has 1 aliphatic heterocycles. The molecule has 0 unspecified atom stereocenters. The summed E-state index contributed by atoms with van der Waals surface area (Å²) in [6.45, 7) is 1.94. The van der Waals surface area contributed by atoms with Crippen molar-refractivity contribution < 1.29 is 0 Å². The lowest BCUT2D eigenvalue weighted by Crippen LogP contribution is -2.29. The van der Waals surface area contributed by atoms with Gasteiger partial charge in [-0.3, -0.25) is 10.4 Å². The molecule has 2 aromatic heterocycles. The largest absolute Gasteiger partial charge is 0.382 e. The molecule has 1 aliphatic rings. The highest BCUT2D eigenvalue weighted by molar-refractivity contribution is 7.10. The van der Waals surface area contributed by atoms with Gasteiger partial charge in [0.15, 0.2) is 0 Å². The van der Waals surface area contributed by atoms with E-state index in [0.29, 0.717) is 5.69 Å². The third-order valence-electron chi connectivity index (χ3n) is 3.19. The van der Waals surface area contributed by atoms with Crippen molar-refractivity contribution in [2.75, 3.05) is 11.4 Å². The van der Waals surface area contributed by atoms with E-state index in [1.807, 2.05) is 23.5 Å². The van der Waals surface area contributed by atoms with E-state index < -0.39 is 0 Å². The molecule has 2 aromatic rings. The molecule has 3 rings (SSSR count). The molecule has 0 atom stereocenters. The summed E-state index contributed by atoms with van der Waals surface area (Å²) in [7, 11) is 0. The van der Waals surface area contributed by atoms with Gasteiger partial charge in [0, 0.05) is 29.9 Å². The third-order valence-corrected chi connectivity index (χ3v) is 4.22. The maximum atomic E-state index is 7.44. The van der Waals surface area contributed by atoms with E-state index in [1.54, 1.807) is 6.20 Å². The zero-order valence-electron chi connectivity index (χ0n) is 9.89. The number of aromatic nitrogens is 1. The first-order valence-electron chi connectivity index (χ1n) is 5.84. The van der Waals surface area contributed by atoms with E-state index in [9.17, 15) is 0 Å². The van der Waals surface area contributed by atoms with Crippen molar-refractivity contribution in [1.29, 1.82) is 5.41 Å². The van der Waals surface area contributed by atoms with Crippen LogP contribution in [0.25, 0.3) is 0 Å². The fraction of sp³-hybridized carbons (Fsp3) is 0.231. The van der Waals surface area contributed by atoms with Crippen LogP contribution in [-0.2, 0) is 13.0 Å². The molecule has 3 heterocycles. The van der Waals surface area contributed by atoms with Crippen molar-refractivity contribution >= 4 is 22.9 Å². The Bertz CT molecular complexity index is 590. The number of thiophene rings is 1. The summed E-state index contributed by atoms with van der Waals surface area (Å²) < 4.78 is 0. The van der Waals surface area contributed by atoms with Crippen molar-refractivity contribution in [3.8, 4) is 0 Å². The molecule has 0 bridgehead atoms. The molecule has 18 heavy (non-hydrogen) atoms. The van der Waals surface area contributed by atoms with Gasteiger partial charge in [0.2, 0.25) is 0 Å². The fourth-order valence-electron chi connectivity index (χ4n) is 2.23. The second-order valence-corrected chi connectivity index (χ2v) is 5.35. The number of nitrogen functional groups attached to an aromatic ring is 1. The number of rotatable bonds is 2. The molecule has 4 nitrogen and oxygen atoms in total. The van der Waals surface area contributed by atoms with Crippen LogP contribution in [0.3, 0.4) is 0 Å². The summed E-state index contributed by atoms with van der Waals surface area (Å²) in [5.74, 6) is 0.0186. The van der Waals surface area contributed by atoms with Crippen LogP contribution in [0.2, 0.25) is 0 Å². The maximum absolute atomic E-state index is 7.44. The van der Waals surface area contributed by atoms with Gasteiger partial charge in [-0.1, -0.05) is 0 Å². The number of nitrogens with zero attached hydrogens (tertiary/aromatic N) is 2. The molecular formula is C13H14N4S. The number of anilines is 1. The van der Waals surface area contributed by atoms with Crippen LogP contribution in [0.1, 0.15) is 16.1 Å². The SMILES string of the molecule is N=C(N)c1cc(N2CCc3sccc3C2)ccn1. The number of nitrogens with two attached hydrogens (primary N) is 1. The van der Waals surface area contributed by atoms with Crippen molar-refractivity contribution in [2.24, 2.45) is 5.73 Å². The van der Waals surface area contributed by atoms with Crippen LogP contribution in [0.4, 0.5) is 5.69 Å². The van der Waals surface area contributed by atoms with E-state index in [4.69, 9.17) is 11.1 Å². The lowest BCUT2D eigenvalue weighted by Gasteiger charge is -2.29. The molecule has 92 valence electrons. The summed E-state index contributed by atoms with van der Waals surface area (Å²) >= 11 is 1.84. The Morgan fingerprint density at radius 1 is 1.44 bits per heavy atom. The fourth-order valence-corrected chi connectivity index (χ4v) is 3.12. The molecular weight excluding hydrogens is 244 g/mol. The zero-order valence-corrected chi connectivity index (χ0v) is 10.7. The van der Waals surface area contributed by atoms with Gasteiger partial charge in [-0.05, 0) is 35.6 Å². The number of hydrogen-bond donors (Lipinski definition) is 2.